The lowest BCUT2D eigenvalue weighted by atomic mass is 10.1. The zero-order chi connectivity index (χ0) is 30.9. The Morgan fingerprint density at radius 1 is 0.929 bits per heavy atom. The van der Waals surface area contributed by atoms with Gasteiger partial charge in [0.2, 0.25) is 11.8 Å². The molecule has 3 aromatic rings. The van der Waals surface area contributed by atoms with Crippen molar-refractivity contribution < 1.29 is 27.5 Å². The first-order valence-electron chi connectivity index (χ1n) is 14.0. The second kappa shape index (κ2) is 14.7. The quantitative estimate of drug-likeness (QED) is 0.267. The molecule has 10 heteroatoms. The highest BCUT2D eigenvalue weighted by molar-refractivity contribution is 7.92. The number of carbonyl (C=O) groups is 2. The molecule has 3 aromatic carbocycles. The number of unbranched alkanes of at least 4 members (excludes halogenated alkanes) is 1. The maximum absolute atomic E-state index is 14.1. The van der Waals surface area contributed by atoms with E-state index in [0.29, 0.717) is 12.3 Å². The first-order chi connectivity index (χ1) is 20.0. The van der Waals surface area contributed by atoms with Crippen molar-refractivity contribution >= 4 is 27.5 Å². The Bertz CT molecular complexity index is 1470. The third kappa shape index (κ3) is 8.03. The summed E-state index contributed by atoms with van der Waals surface area (Å²) in [5.41, 5.74) is 2.86. The van der Waals surface area contributed by atoms with Crippen LogP contribution in [0.15, 0.2) is 71.6 Å². The molecule has 0 aromatic heterocycles. The highest BCUT2D eigenvalue weighted by Crippen LogP contribution is 2.36. The number of methoxy groups -OCH3 is 2. The molecule has 3 rings (SSSR count). The van der Waals surface area contributed by atoms with Gasteiger partial charge in [-0.15, -0.1) is 0 Å². The molecule has 0 aliphatic rings. The summed E-state index contributed by atoms with van der Waals surface area (Å²) in [6, 6.07) is 17.9. The molecule has 42 heavy (non-hydrogen) atoms. The average Bonchev–Trinajstić information content (AvgIpc) is 2.98. The number of aryl methyl sites for hydroxylation is 2. The Balaban J connectivity index is 2.09. The molecule has 0 saturated carbocycles. The molecule has 1 atom stereocenters. The zero-order valence-corrected chi connectivity index (χ0v) is 26.0. The molecule has 0 aliphatic heterocycles. The summed E-state index contributed by atoms with van der Waals surface area (Å²) in [6.45, 7) is 7.52. The highest BCUT2D eigenvalue weighted by Gasteiger charge is 2.34. The second-order valence-corrected chi connectivity index (χ2v) is 12.1. The van der Waals surface area contributed by atoms with Crippen molar-refractivity contribution in [3.63, 3.8) is 0 Å². The van der Waals surface area contributed by atoms with E-state index in [1.807, 2.05) is 45.0 Å². The first-order valence-corrected chi connectivity index (χ1v) is 15.4. The number of anilines is 1. The maximum Gasteiger partial charge on any atom is 0.264 e. The van der Waals surface area contributed by atoms with Gasteiger partial charge in [0.05, 0.1) is 24.8 Å². The van der Waals surface area contributed by atoms with Crippen LogP contribution in [-0.4, -0.2) is 58.5 Å². The molecule has 0 spiro atoms. The monoisotopic (exact) mass is 595 g/mol. The number of nitrogens with one attached hydrogen (secondary N) is 1. The summed E-state index contributed by atoms with van der Waals surface area (Å²) in [5, 5.41) is 2.89. The Hall–Kier alpha value is -4.05. The third-order valence-corrected chi connectivity index (χ3v) is 8.75. The fourth-order valence-electron chi connectivity index (χ4n) is 4.47. The van der Waals surface area contributed by atoms with E-state index < -0.39 is 28.5 Å². The minimum Gasteiger partial charge on any atom is -0.497 e. The second-order valence-electron chi connectivity index (χ2n) is 10.2. The molecule has 0 fully saturated rings. The van der Waals surface area contributed by atoms with Crippen molar-refractivity contribution in [1.82, 2.24) is 10.2 Å². The highest BCUT2D eigenvalue weighted by atomic mass is 32.2. The summed E-state index contributed by atoms with van der Waals surface area (Å²) in [7, 11) is -1.35. The summed E-state index contributed by atoms with van der Waals surface area (Å²) in [6.07, 6.45) is 1.72. The molecule has 0 bridgehead atoms. The third-order valence-electron chi connectivity index (χ3n) is 6.97. The van der Waals surface area contributed by atoms with Crippen molar-refractivity contribution in [2.45, 2.75) is 58.0 Å². The van der Waals surface area contributed by atoms with Gasteiger partial charge in [-0.2, -0.15) is 0 Å². The lowest BCUT2D eigenvalue weighted by Gasteiger charge is -2.32. The van der Waals surface area contributed by atoms with Crippen molar-refractivity contribution in [3.8, 4) is 11.5 Å². The Labute approximate surface area is 249 Å². The predicted octanol–water partition coefficient (Wildman–Crippen LogP) is 4.85. The van der Waals surface area contributed by atoms with Crippen LogP contribution < -0.4 is 19.1 Å². The number of sulfonamides is 1. The SMILES string of the molecule is CCCCNC(=O)[C@H](C)N(Cc1cccc(C)c1)C(=O)CN(c1cc(OC)ccc1OC)S(=O)(=O)c1ccc(C)cc1. The van der Waals surface area contributed by atoms with Crippen LogP contribution in [0, 0.1) is 13.8 Å². The molecule has 0 radical (unpaired) electrons. The van der Waals surface area contributed by atoms with Gasteiger partial charge in [0.1, 0.15) is 24.1 Å². The van der Waals surface area contributed by atoms with Gasteiger partial charge in [0, 0.05) is 19.2 Å². The normalized spacial score (nSPS) is 11.9. The summed E-state index contributed by atoms with van der Waals surface area (Å²) in [5.74, 6) is -0.218. The first kappa shape index (κ1) is 32.5. The molecule has 1 N–H and O–H groups in total. The van der Waals surface area contributed by atoms with Crippen LogP contribution in [0.2, 0.25) is 0 Å². The van der Waals surface area contributed by atoms with Gasteiger partial charge in [0.15, 0.2) is 0 Å². The largest absolute Gasteiger partial charge is 0.497 e. The topological polar surface area (TPSA) is 105 Å². The van der Waals surface area contributed by atoms with Gasteiger partial charge in [-0.3, -0.25) is 13.9 Å². The lowest BCUT2D eigenvalue weighted by Crippen LogP contribution is -2.51. The molecular formula is C32H41N3O6S. The Morgan fingerprint density at radius 3 is 2.26 bits per heavy atom. The summed E-state index contributed by atoms with van der Waals surface area (Å²) in [4.78, 5) is 28.7. The lowest BCUT2D eigenvalue weighted by molar-refractivity contribution is -0.139. The molecular weight excluding hydrogens is 554 g/mol. The summed E-state index contributed by atoms with van der Waals surface area (Å²) >= 11 is 0. The molecule has 0 unspecified atom stereocenters. The van der Waals surface area contributed by atoms with Crippen molar-refractivity contribution in [1.29, 1.82) is 0 Å². The Morgan fingerprint density at radius 2 is 1.64 bits per heavy atom. The smallest absolute Gasteiger partial charge is 0.264 e. The van der Waals surface area contributed by atoms with E-state index in [4.69, 9.17) is 9.47 Å². The fourth-order valence-corrected chi connectivity index (χ4v) is 5.88. The van der Waals surface area contributed by atoms with E-state index in [1.54, 1.807) is 31.2 Å². The average molecular weight is 596 g/mol. The van der Waals surface area contributed by atoms with Gasteiger partial charge < -0.3 is 19.7 Å². The van der Waals surface area contributed by atoms with Gasteiger partial charge in [-0.25, -0.2) is 8.42 Å². The van der Waals surface area contributed by atoms with Crippen LogP contribution in [0.4, 0.5) is 5.69 Å². The number of hydrogen-bond acceptors (Lipinski definition) is 6. The predicted molar refractivity (Wildman–Crippen MR) is 164 cm³/mol. The molecule has 2 amide bonds. The maximum atomic E-state index is 14.1. The van der Waals surface area contributed by atoms with Crippen molar-refractivity contribution in [2.24, 2.45) is 0 Å². The van der Waals surface area contributed by atoms with Crippen LogP contribution in [-0.2, 0) is 26.2 Å². The van der Waals surface area contributed by atoms with Crippen LogP contribution in [0.3, 0.4) is 0 Å². The van der Waals surface area contributed by atoms with E-state index in [-0.39, 0.29) is 28.8 Å². The van der Waals surface area contributed by atoms with Crippen molar-refractivity contribution in [2.75, 3.05) is 31.6 Å². The van der Waals surface area contributed by atoms with Gasteiger partial charge in [0.25, 0.3) is 10.0 Å². The van der Waals surface area contributed by atoms with E-state index in [2.05, 4.69) is 5.32 Å². The molecule has 0 saturated heterocycles. The number of hydrogen-bond donors (Lipinski definition) is 1. The van der Waals surface area contributed by atoms with Crippen LogP contribution in [0.25, 0.3) is 0 Å². The minimum atomic E-state index is -4.25. The van der Waals surface area contributed by atoms with Gasteiger partial charge in [-0.05, 0) is 57.0 Å². The van der Waals surface area contributed by atoms with E-state index >= 15 is 0 Å². The zero-order valence-electron chi connectivity index (χ0n) is 25.2. The standard InChI is InChI=1S/C32H41N3O6S/c1-7-8-18-33-32(37)25(4)34(21-26-11-9-10-24(3)19-26)31(36)22-35(29-20-27(40-5)14-17-30(29)41-6)42(38,39)28-15-12-23(2)13-16-28/h9-17,19-20,25H,7-8,18,21-22H2,1-6H3,(H,33,37)/t25-/m0/s1. The van der Waals surface area contributed by atoms with E-state index in [1.165, 1.54) is 37.3 Å². The number of amides is 2. The van der Waals surface area contributed by atoms with Crippen molar-refractivity contribution in [3.05, 3.63) is 83.4 Å². The molecule has 9 nitrogen and oxygen atoms in total. The fraction of sp³-hybridized carbons (Fsp3) is 0.375. The minimum absolute atomic E-state index is 0.0152. The van der Waals surface area contributed by atoms with E-state index in [9.17, 15) is 18.0 Å². The number of nitrogens with zero attached hydrogens (tertiary/aromatic N) is 2. The number of ether oxygens (including phenoxy) is 2. The molecule has 0 aliphatic carbocycles. The number of benzene rings is 3. The number of rotatable bonds is 14. The van der Waals surface area contributed by atoms with Gasteiger partial charge >= 0.3 is 0 Å². The van der Waals surface area contributed by atoms with Gasteiger partial charge in [-0.1, -0.05) is 60.9 Å². The van der Waals surface area contributed by atoms with Crippen LogP contribution in [0.1, 0.15) is 43.4 Å². The van der Waals surface area contributed by atoms with E-state index in [0.717, 1.165) is 33.8 Å². The summed E-state index contributed by atoms with van der Waals surface area (Å²) < 4.78 is 40.2. The van der Waals surface area contributed by atoms with Crippen LogP contribution >= 0.6 is 0 Å². The van der Waals surface area contributed by atoms with Crippen LogP contribution in [0.5, 0.6) is 11.5 Å². The Kier molecular flexibility index (Phi) is 11.4. The number of carbonyl (C=O) groups excluding carboxylic acids is 2. The molecule has 0 heterocycles. The molecule has 226 valence electrons.